The molecule has 3 aliphatic rings. The number of amides is 1. The fraction of sp³-hybridized carbons (Fsp3) is 0.579. The first-order valence-corrected chi connectivity index (χ1v) is 9.36. The number of rotatable bonds is 3. The van der Waals surface area contributed by atoms with E-state index in [2.05, 4.69) is 9.30 Å². The first kappa shape index (κ1) is 15.3. The van der Waals surface area contributed by atoms with E-state index >= 15 is 0 Å². The topological polar surface area (TPSA) is 50.1 Å². The standard InChI is InChI=1S/C19H24N4O2/c24-19(21-7-9-25-10-8-21)18-16(23-6-2-1-3-17(23)20-18)13-22-12-14-4-5-15(22)11-14/h1-3,6,14-15H,4-5,7-13H2/t14-,15-/m0/s1. The smallest absolute Gasteiger partial charge is 0.274 e. The zero-order valence-electron chi connectivity index (χ0n) is 14.4. The van der Waals surface area contributed by atoms with Gasteiger partial charge in [-0.3, -0.25) is 9.69 Å². The molecule has 0 aromatic carbocycles. The van der Waals surface area contributed by atoms with E-state index in [9.17, 15) is 4.79 Å². The van der Waals surface area contributed by atoms with Crippen LogP contribution in [0.4, 0.5) is 0 Å². The van der Waals surface area contributed by atoms with Gasteiger partial charge in [0, 0.05) is 38.4 Å². The van der Waals surface area contributed by atoms with Gasteiger partial charge in [-0.25, -0.2) is 4.98 Å². The highest BCUT2D eigenvalue weighted by molar-refractivity contribution is 5.94. The second-order valence-electron chi connectivity index (χ2n) is 7.50. The summed E-state index contributed by atoms with van der Waals surface area (Å²) in [5, 5.41) is 0. The summed E-state index contributed by atoms with van der Waals surface area (Å²) in [6, 6.07) is 6.66. The van der Waals surface area contributed by atoms with Gasteiger partial charge >= 0.3 is 0 Å². The van der Waals surface area contributed by atoms with Crippen LogP contribution in [0.5, 0.6) is 0 Å². The molecule has 1 aliphatic carbocycles. The highest BCUT2D eigenvalue weighted by atomic mass is 16.5. The summed E-state index contributed by atoms with van der Waals surface area (Å²) in [6.45, 7) is 4.52. The van der Waals surface area contributed by atoms with Crippen LogP contribution in [0.25, 0.3) is 5.65 Å². The number of imidazole rings is 1. The summed E-state index contributed by atoms with van der Waals surface area (Å²) in [5.74, 6) is 0.897. The van der Waals surface area contributed by atoms with Gasteiger partial charge in [0.15, 0.2) is 5.69 Å². The zero-order valence-corrected chi connectivity index (χ0v) is 14.4. The van der Waals surface area contributed by atoms with Gasteiger partial charge in [0.2, 0.25) is 0 Å². The quantitative estimate of drug-likeness (QED) is 0.855. The molecule has 4 heterocycles. The lowest BCUT2D eigenvalue weighted by Gasteiger charge is -2.28. The predicted octanol–water partition coefficient (Wildman–Crippen LogP) is 1.79. The number of carbonyl (C=O) groups is 1. The molecule has 2 aromatic rings. The Balaban J connectivity index is 1.50. The van der Waals surface area contributed by atoms with E-state index in [1.807, 2.05) is 29.3 Å². The van der Waals surface area contributed by atoms with Crippen LogP contribution in [0.15, 0.2) is 24.4 Å². The van der Waals surface area contributed by atoms with Crippen LogP contribution in [0.2, 0.25) is 0 Å². The average molecular weight is 340 g/mol. The van der Waals surface area contributed by atoms with E-state index in [1.54, 1.807) is 0 Å². The molecule has 1 saturated carbocycles. The van der Waals surface area contributed by atoms with Gasteiger partial charge in [-0.1, -0.05) is 6.07 Å². The van der Waals surface area contributed by atoms with Crippen LogP contribution in [0, 0.1) is 5.92 Å². The minimum atomic E-state index is 0.0476. The summed E-state index contributed by atoms with van der Waals surface area (Å²) in [6.07, 6.45) is 6.02. The number of hydrogen-bond donors (Lipinski definition) is 0. The molecule has 3 fully saturated rings. The molecule has 2 aliphatic heterocycles. The monoisotopic (exact) mass is 340 g/mol. The minimum Gasteiger partial charge on any atom is -0.378 e. The minimum absolute atomic E-state index is 0.0476. The summed E-state index contributed by atoms with van der Waals surface area (Å²) in [7, 11) is 0. The molecule has 0 spiro atoms. The largest absolute Gasteiger partial charge is 0.378 e. The number of morpholine rings is 1. The van der Waals surface area contributed by atoms with Crippen molar-refractivity contribution in [1.29, 1.82) is 0 Å². The van der Waals surface area contributed by atoms with E-state index in [0.717, 1.165) is 30.3 Å². The number of nitrogens with zero attached hydrogens (tertiary/aromatic N) is 4. The average Bonchev–Trinajstić information content (AvgIpc) is 3.37. The highest BCUT2D eigenvalue weighted by Gasteiger charge is 2.38. The lowest BCUT2D eigenvalue weighted by molar-refractivity contribution is 0.0297. The molecule has 2 aromatic heterocycles. The summed E-state index contributed by atoms with van der Waals surface area (Å²) < 4.78 is 7.49. The Kier molecular flexibility index (Phi) is 3.75. The molecule has 6 nitrogen and oxygen atoms in total. The second kappa shape index (κ2) is 6.11. The molecule has 1 amide bonds. The Morgan fingerprint density at radius 1 is 1.24 bits per heavy atom. The summed E-state index contributed by atoms with van der Waals surface area (Å²) >= 11 is 0. The molecule has 0 N–H and O–H groups in total. The van der Waals surface area contributed by atoms with Crippen molar-refractivity contribution in [2.24, 2.45) is 5.92 Å². The predicted molar refractivity (Wildman–Crippen MR) is 93.5 cm³/mol. The fourth-order valence-corrected chi connectivity index (χ4v) is 4.70. The van der Waals surface area contributed by atoms with Crippen LogP contribution in [0.3, 0.4) is 0 Å². The number of carbonyl (C=O) groups excluding carboxylic acids is 1. The van der Waals surface area contributed by atoms with Gasteiger partial charge in [-0.15, -0.1) is 0 Å². The van der Waals surface area contributed by atoms with Crippen molar-refractivity contribution >= 4 is 11.6 Å². The molecule has 2 bridgehead atoms. The normalized spacial score (nSPS) is 26.6. The molecule has 5 rings (SSSR count). The van der Waals surface area contributed by atoms with E-state index in [0.29, 0.717) is 38.0 Å². The Bertz CT molecular complexity index is 796. The number of hydrogen-bond acceptors (Lipinski definition) is 4. The van der Waals surface area contributed by atoms with Crippen LogP contribution in [-0.4, -0.2) is 64.0 Å². The van der Waals surface area contributed by atoms with Crippen molar-refractivity contribution in [3.8, 4) is 0 Å². The molecule has 0 radical (unpaired) electrons. The van der Waals surface area contributed by atoms with Crippen LogP contribution >= 0.6 is 0 Å². The Morgan fingerprint density at radius 3 is 2.88 bits per heavy atom. The number of likely N-dealkylation sites (tertiary alicyclic amines) is 1. The van der Waals surface area contributed by atoms with Crippen LogP contribution in [-0.2, 0) is 11.3 Å². The van der Waals surface area contributed by atoms with Gasteiger partial charge < -0.3 is 14.0 Å². The number of fused-ring (bicyclic) bond motifs is 3. The van der Waals surface area contributed by atoms with E-state index in [-0.39, 0.29) is 5.91 Å². The summed E-state index contributed by atoms with van der Waals surface area (Å²) in [5.41, 5.74) is 2.52. The molecule has 2 saturated heterocycles. The number of piperidine rings is 1. The van der Waals surface area contributed by atoms with Crippen molar-refractivity contribution in [1.82, 2.24) is 19.2 Å². The van der Waals surface area contributed by atoms with Gasteiger partial charge in [-0.2, -0.15) is 0 Å². The maximum atomic E-state index is 13.1. The van der Waals surface area contributed by atoms with Crippen LogP contribution < -0.4 is 0 Å². The first-order valence-electron chi connectivity index (χ1n) is 9.36. The molecular formula is C19H24N4O2. The summed E-state index contributed by atoms with van der Waals surface area (Å²) in [4.78, 5) is 22.2. The van der Waals surface area contributed by atoms with Crippen molar-refractivity contribution < 1.29 is 9.53 Å². The Morgan fingerprint density at radius 2 is 2.12 bits per heavy atom. The fourth-order valence-electron chi connectivity index (χ4n) is 4.70. The molecule has 6 heteroatoms. The molecular weight excluding hydrogens is 316 g/mol. The van der Waals surface area contributed by atoms with E-state index in [4.69, 9.17) is 9.72 Å². The van der Waals surface area contributed by atoms with Crippen molar-refractivity contribution in [2.75, 3.05) is 32.8 Å². The lowest BCUT2D eigenvalue weighted by atomic mass is 10.1. The molecule has 132 valence electrons. The van der Waals surface area contributed by atoms with Crippen molar-refractivity contribution in [2.45, 2.75) is 31.8 Å². The zero-order chi connectivity index (χ0) is 16.8. The van der Waals surface area contributed by atoms with Gasteiger partial charge in [-0.05, 0) is 37.3 Å². The van der Waals surface area contributed by atoms with Gasteiger partial charge in [0.25, 0.3) is 5.91 Å². The maximum Gasteiger partial charge on any atom is 0.274 e. The third-order valence-corrected chi connectivity index (χ3v) is 6.01. The molecule has 25 heavy (non-hydrogen) atoms. The third kappa shape index (κ3) is 2.64. The second-order valence-corrected chi connectivity index (χ2v) is 7.50. The lowest BCUT2D eigenvalue weighted by Crippen LogP contribution is -2.41. The molecule has 0 unspecified atom stereocenters. The van der Waals surface area contributed by atoms with E-state index in [1.165, 1.54) is 19.3 Å². The van der Waals surface area contributed by atoms with E-state index < -0.39 is 0 Å². The Hall–Kier alpha value is -1.92. The first-order chi connectivity index (χ1) is 12.3. The number of pyridine rings is 1. The highest BCUT2D eigenvalue weighted by Crippen LogP contribution is 2.38. The molecule has 2 atom stereocenters. The van der Waals surface area contributed by atoms with Gasteiger partial charge in [0.05, 0.1) is 18.9 Å². The number of aromatic nitrogens is 2. The number of ether oxygens (including phenoxy) is 1. The Labute approximate surface area is 147 Å². The van der Waals surface area contributed by atoms with Crippen LogP contribution in [0.1, 0.15) is 35.4 Å². The van der Waals surface area contributed by atoms with Gasteiger partial charge in [0.1, 0.15) is 5.65 Å². The van der Waals surface area contributed by atoms with Crippen molar-refractivity contribution in [3.63, 3.8) is 0 Å². The maximum absolute atomic E-state index is 13.1. The van der Waals surface area contributed by atoms with Crippen molar-refractivity contribution in [3.05, 3.63) is 35.8 Å². The SMILES string of the molecule is O=C(c1nc2ccccn2c1CN1C[C@H]2CC[C@H]1C2)N1CCOCC1. The third-order valence-electron chi connectivity index (χ3n) is 6.01.